The zero-order valence-corrected chi connectivity index (χ0v) is 9.71. The molecule has 0 unspecified atom stereocenters. The van der Waals surface area contributed by atoms with Gasteiger partial charge in [-0.25, -0.2) is 0 Å². The van der Waals surface area contributed by atoms with Crippen LogP contribution in [-0.4, -0.2) is 24.6 Å². The van der Waals surface area contributed by atoms with E-state index in [1.165, 1.54) is 39.0 Å². The van der Waals surface area contributed by atoms with Crippen LogP contribution in [0.4, 0.5) is 0 Å². The molecule has 0 rings (SSSR count). The van der Waals surface area contributed by atoms with Gasteiger partial charge in [-0.2, -0.15) is 0 Å². The maximum Gasteiger partial charge on any atom is 0.322 e. The van der Waals surface area contributed by atoms with E-state index in [-0.39, 0.29) is 5.97 Å². The van der Waals surface area contributed by atoms with Gasteiger partial charge in [0.15, 0.2) is 0 Å². The number of carbonyl (C=O) groups is 1. The molecule has 0 fully saturated rings. The number of hydroxylamine groups is 2. The quantitative estimate of drug-likeness (QED) is 0.447. The minimum Gasteiger partial charge on any atom is -0.369 e. The third kappa shape index (κ3) is 9.52. The van der Waals surface area contributed by atoms with Gasteiger partial charge < -0.3 is 4.84 Å². The van der Waals surface area contributed by atoms with E-state index in [0.29, 0.717) is 0 Å². The molecule has 0 aromatic carbocycles. The second-order valence-corrected chi connectivity index (χ2v) is 3.70. The first kappa shape index (κ1) is 13.4. The van der Waals surface area contributed by atoms with Gasteiger partial charge in [0.05, 0.1) is 0 Å². The molecule has 3 heteroatoms. The summed E-state index contributed by atoms with van der Waals surface area (Å²) in [4.78, 5) is 15.4. The molecule has 0 radical (unpaired) electrons. The van der Waals surface area contributed by atoms with Gasteiger partial charge in [-0.3, -0.25) is 4.79 Å². The van der Waals surface area contributed by atoms with E-state index in [4.69, 9.17) is 4.84 Å². The summed E-state index contributed by atoms with van der Waals surface area (Å²) < 4.78 is 0. The zero-order chi connectivity index (χ0) is 10.8. The largest absolute Gasteiger partial charge is 0.369 e. The van der Waals surface area contributed by atoms with Gasteiger partial charge in [0.2, 0.25) is 0 Å². The molecule has 3 nitrogen and oxygen atoms in total. The Morgan fingerprint density at radius 2 is 1.71 bits per heavy atom. The highest BCUT2D eigenvalue weighted by atomic mass is 16.7. The molecule has 0 N–H and O–H groups in total. The smallest absolute Gasteiger partial charge is 0.322 e. The Morgan fingerprint density at radius 1 is 1.14 bits per heavy atom. The maximum atomic E-state index is 10.6. The number of unbranched alkanes of at least 4 members (excludes halogenated alkanes) is 5. The van der Waals surface area contributed by atoms with Crippen LogP contribution in [0, 0.1) is 0 Å². The van der Waals surface area contributed by atoms with Crippen LogP contribution < -0.4 is 0 Å². The van der Waals surface area contributed by atoms with Crippen molar-refractivity contribution in [3.05, 3.63) is 0 Å². The Kier molecular flexibility index (Phi) is 8.64. The summed E-state index contributed by atoms with van der Waals surface area (Å²) in [7, 11) is 1.80. The fourth-order valence-electron chi connectivity index (χ4n) is 1.38. The van der Waals surface area contributed by atoms with Gasteiger partial charge in [0, 0.05) is 20.5 Å². The van der Waals surface area contributed by atoms with Crippen LogP contribution >= 0.6 is 0 Å². The molecule has 0 aliphatic rings. The number of nitrogens with zero attached hydrogens (tertiary/aromatic N) is 1. The van der Waals surface area contributed by atoms with Crippen molar-refractivity contribution in [2.75, 3.05) is 13.6 Å². The van der Waals surface area contributed by atoms with Crippen LogP contribution in [0.2, 0.25) is 0 Å². The molecule has 0 aliphatic heterocycles. The highest BCUT2D eigenvalue weighted by molar-refractivity contribution is 5.65. The molecule has 0 aromatic rings. The van der Waals surface area contributed by atoms with Crippen molar-refractivity contribution in [1.29, 1.82) is 0 Å². The summed E-state index contributed by atoms with van der Waals surface area (Å²) in [5.41, 5.74) is 0. The molecular weight excluding hydrogens is 178 g/mol. The first-order valence-corrected chi connectivity index (χ1v) is 5.56. The molecule has 14 heavy (non-hydrogen) atoms. The molecule has 84 valence electrons. The lowest BCUT2D eigenvalue weighted by Crippen LogP contribution is -2.22. The first-order valence-electron chi connectivity index (χ1n) is 5.56. The van der Waals surface area contributed by atoms with E-state index in [1.807, 2.05) is 0 Å². The fourth-order valence-corrected chi connectivity index (χ4v) is 1.38. The first-order chi connectivity index (χ1) is 6.66. The summed E-state index contributed by atoms with van der Waals surface area (Å²) in [5.74, 6) is -0.238. The SMILES string of the molecule is CCCCCCCCN(C)OC(C)=O. The molecule has 0 saturated carbocycles. The van der Waals surface area contributed by atoms with E-state index >= 15 is 0 Å². The fraction of sp³-hybridized carbons (Fsp3) is 0.909. The Morgan fingerprint density at radius 3 is 2.29 bits per heavy atom. The third-order valence-electron chi connectivity index (χ3n) is 2.11. The second kappa shape index (κ2) is 9.00. The Hall–Kier alpha value is -0.570. The second-order valence-electron chi connectivity index (χ2n) is 3.70. The van der Waals surface area contributed by atoms with Crippen molar-refractivity contribution in [3.8, 4) is 0 Å². The van der Waals surface area contributed by atoms with Crippen molar-refractivity contribution >= 4 is 5.97 Å². The highest BCUT2D eigenvalue weighted by Crippen LogP contribution is 2.05. The van der Waals surface area contributed by atoms with Gasteiger partial charge in [0.1, 0.15) is 0 Å². The maximum absolute atomic E-state index is 10.6. The summed E-state index contributed by atoms with van der Waals surface area (Å²) in [6, 6.07) is 0. The van der Waals surface area contributed by atoms with Crippen LogP contribution in [-0.2, 0) is 9.63 Å². The van der Waals surface area contributed by atoms with Gasteiger partial charge >= 0.3 is 5.97 Å². The van der Waals surface area contributed by atoms with Crippen molar-refractivity contribution in [1.82, 2.24) is 5.06 Å². The van der Waals surface area contributed by atoms with Crippen molar-refractivity contribution < 1.29 is 9.63 Å². The molecular formula is C11H23NO2. The molecule has 0 aliphatic carbocycles. The lowest BCUT2D eigenvalue weighted by atomic mass is 10.1. The third-order valence-corrected chi connectivity index (χ3v) is 2.11. The van der Waals surface area contributed by atoms with Gasteiger partial charge in [-0.05, 0) is 6.42 Å². The molecule has 0 saturated heterocycles. The average Bonchev–Trinajstić information content (AvgIpc) is 2.10. The summed E-state index contributed by atoms with van der Waals surface area (Å²) >= 11 is 0. The van der Waals surface area contributed by atoms with Crippen LogP contribution in [0.3, 0.4) is 0 Å². The lowest BCUT2D eigenvalue weighted by Gasteiger charge is -2.14. The van der Waals surface area contributed by atoms with Crippen molar-refractivity contribution in [3.63, 3.8) is 0 Å². The summed E-state index contributed by atoms with van der Waals surface area (Å²) in [6.45, 7) is 4.48. The number of hydrogen-bond acceptors (Lipinski definition) is 3. The van der Waals surface area contributed by atoms with E-state index in [2.05, 4.69) is 6.92 Å². The predicted octanol–water partition coefficient (Wildman–Crippen LogP) is 2.76. The molecule has 0 amide bonds. The Labute approximate surface area is 87.4 Å². The van der Waals surface area contributed by atoms with Crippen LogP contribution in [0.25, 0.3) is 0 Å². The van der Waals surface area contributed by atoms with Crippen LogP contribution in [0.5, 0.6) is 0 Å². The van der Waals surface area contributed by atoms with Crippen LogP contribution in [0.15, 0.2) is 0 Å². The summed E-state index contributed by atoms with van der Waals surface area (Å²) in [6.07, 6.45) is 7.57. The van der Waals surface area contributed by atoms with E-state index < -0.39 is 0 Å². The van der Waals surface area contributed by atoms with Crippen molar-refractivity contribution in [2.24, 2.45) is 0 Å². The Balaban J connectivity index is 3.14. The molecule has 0 heterocycles. The van der Waals surface area contributed by atoms with Crippen LogP contribution in [0.1, 0.15) is 52.4 Å². The number of hydrogen-bond donors (Lipinski definition) is 0. The van der Waals surface area contributed by atoms with E-state index in [1.54, 1.807) is 12.1 Å². The van der Waals surface area contributed by atoms with Gasteiger partial charge in [-0.1, -0.05) is 39.0 Å². The van der Waals surface area contributed by atoms with E-state index in [9.17, 15) is 4.79 Å². The molecule has 0 aromatic heterocycles. The topological polar surface area (TPSA) is 29.5 Å². The average molecular weight is 201 g/mol. The highest BCUT2D eigenvalue weighted by Gasteiger charge is 2.00. The van der Waals surface area contributed by atoms with Gasteiger partial charge in [-0.15, -0.1) is 5.06 Å². The molecule has 0 bridgehead atoms. The summed E-state index contributed by atoms with van der Waals surface area (Å²) in [5, 5.41) is 1.61. The predicted molar refractivity (Wildman–Crippen MR) is 57.8 cm³/mol. The van der Waals surface area contributed by atoms with Crippen molar-refractivity contribution in [2.45, 2.75) is 52.4 Å². The van der Waals surface area contributed by atoms with E-state index in [0.717, 1.165) is 13.0 Å². The standard InChI is InChI=1S/C11H23NO2/c1-4-5-6-7-8-9-10-12(3)14-11(2)13/h4-10H2,1-3H3. The molecule has 0 atom stereocenters. The zero-order valence-electron chi connectivity index (χ0n) is 9.71. The molecule has 0 spiro atoms. The lowest BCUT2D eigenvalue weighted by molar-refractivity contribution is -0.181. The minimum absolute atomic E-state index is 0.238. The Bertz CT molecular complexity index is 148. The van der Waals surface area contributed by atoms with Gasteiger partial charge in [0.25, 0.3) is 0 Å². The normalized spacial score (nSPS) is 10.6. The minimum atomic E-state index is -0.238. The monoisotopic (exact) mass is 201 g/mol. The number of rotatable bonds is 8. The number of carbonyl (C=O) groups excluding carboxylic acids is 1.